The van der Waals surface area contributed by atoms with Crippen molar-refractivity contribution < 1.29 is 4.79 Å². The van der Waals surface area contributed by atoms with Crippen LogP contribution in [0.3, 0.4) is 0 Å². The molecule has 4 heteroatoms. The average molecular weight is 249 g/mol. The fourth-order valence-corrected chi connectivity index (χ4v) is 1.84. The van der Waals surface area contributed by atoms with Crippen molar-refractivity contribution in [1.82, 2.24) is 10.2 Å². The molecule has 3 N–H and O–H groups in total. The summed E-state index contributed by atoms with van der Waals surface area (Å²) >= 11 is 0. The zero-order chi connectivity index (χ0) is 13.4. The molecule has 1 amide bonds. The van der Waals surface area contributed by atoms with Gasteiger partial charge in [-0.2, -0.15) is 0 Å². The van der Waals surface area contributed by atoms with Crippen molar-refractivity contribution >= 4 is 5.91 Å². The second-order valence-electron chi connectivity index (χ2n) is 4.42. The third-order valence-corrected chi connectivity index (χ3v) is 3.03. The minimum absolute atomic E-state index is 0.145. The van der Waals surface area contributed by atoms with Gasteiger partial charge in [0.2, 0.25) is 5.91 Å². The number of nitrogens with one attached hydrogen (secondary N) is 1. The Morgan fingerprint density at radius 1 is 1.33 bits per heavy atom. The Morgan fingerprint density at radius 3 is 2.61 bits per heavy atom. The molecule has 0 spiro atoms. The van der Waals surface area contributed by atoms with E-state index in [1.807, 2.05) is 38.4 Å². The smallest absolute Gasteiger partial charge is 0.226 e. The van der Waals surface area contributed by atoms with Gasteiger partial charge in [-0.3, -0.25) is 4.79 Å². The van der Waals surface area contributed by atoms with Crippen LogP contribution >= 0.6 is 0 Å². The topological polar surface area (TPSA) is 58.4 Å². The molecule has 0 unspecified atom stereocenters. The first-order chi connectivity index (χ1) is 8.69. The quantitative estimate of drug-likeness (QED) is 0.701. The summed E-state index contributed by atoms with van der Waals surface area (Å²) in [5, 5.41) is 3.08. The highest BCUT2D eigenvalue weighted by molar-refractivity contribution is 5.78. The minimum atomic E-state index is 0.145. The molecular weight excluding hydrogens is 226 g/mol. The van der Waals surface area contributed by atoms with Crippen molar-refractivity contribution in [3.63, 3.8) is 0 Å². The molecule has 1 rings (SSSR count). The Bertz CT molecular complexity index is 379. The van der Waals surface area contributed by atoms with Gasteiger partial charge in [0.05, 0.1) is 6.42 Å². The lowest BCUT2D eigenvalue weighted by atomic mass is 10.0. The van der Waals surface area contributed by atoms with Gasteiger partial charge in [-0.25, -0.2) is 0 Å². The second-order valence-corrected chi connectivity index (χ2v) is 4.42. The maximum atomic E-state index is 12.0. The van der Waals surface area contributed by atoms with Crippen molar-refractivity contribution in [1.29, 1.82) is 0 Å². The van der Waals surface area contributed by atoms with Crippen LogP contribution in [0.15, 0.2) is 24.3 Å². The molecule has 0 heterocycles. The highest BCUT2D eigenvalue weighted by atomic mass is 16.2. The number of nitrogens with two attached hydrogens (primary N) is 1. The number of amides is 1. The highest BCUT2D eigenvalue weighted by Crippen LogP contribution is 2.09. The second kappa shape index (κ2) is 7.84. The predicted molar refractivity (Wildman–Crippen MR) is 74.2 cm³/mol. The molecule has 18 heavy (non-hydrogen) atoms. The van der Waals surface area contributed by atoms with E-state index in [0.29, 0.717) is 13.0 Å². The average Bonchev–Trinajstić information content (AvgIpc) is 2.39. The maximum Gasteiger partial charge on any atom is 0.226 e. The van der Waals surface area contributed by atoms with Crippen LogP contribution in [0.4, 0.5) is 0 Å². The van der Waals surface area contributed by atoms with Gasteiger partial charge < -0.3 is 16.0 Å². The lowest BCUT2D eigenvalue weighted by Crippen LogP contribution is -2.31. The van der Waals surface area contributed by atoms with Crippen molar-refractivity contribution in [2.24, 2.45) is 5.73 Å². The van der Waals surface area contributed by atoms with Gasteiger partial charge in [-0.05, 0) is 31.1 Å². The first-order valence-corrected chi connectivity index (χ1v) is 6.34. The van der Waals surface area contributed by atoms with Crippen molar-refractivity contribution in [3.05, 3.63) is 35.4 Å². The number of hydrogen-bond donors (Lipinski definition) is 2. The third kappa shape index (κ3) is 4.47. The van der Waals surface area contributed by atoms with Crippen LogP contribution in [0.1, 0.15) is 17.5 Å². The minimum Gasteiger partial charge on any atom is -0.345 e. The van der Waals surface area contributed by atoms with Crippen molar-refractivity contribution in [2.45, 2.75) is 19.4 Å². The number of hydrogen-bond acceptors (Lipinski definition) is 3. The van der Waals surface area contributed by atoms with Gasteiger partial charge in [0.1, 0.15) is 0 Å². The summed E-state index contributed by atoms with van der Waals surface area (Å²) in [6.07, 6.45) is 1.40. The fraction of sp³-hybridized carbons (Fsp3) is 0.500. The van der Waals surface area contributed by atoms with Crippen LogP contribution < -0.4 is 11.1 Å². The fourth-order valence-electron chi connectivity index (χ4n) is 1.84. The number of carbonyl (C=O) groups excluding carboxylic acids is 1. The van der Waals surface area contributed by atoms with Gasteiger partial charge in [-0.15, -0.1) is 0 Å². The van der Waals surface area contributed by atoms with Gasteiger partial charge in [0, 0.05) is 20.1 Å². The summed E-state index contributed by atoms with van der Waals surface area (Å²) in [5.74, 6) is 0.145. The zero-order valence-corrected chi connectivity index (χ0v) is 11.3. The van der Waals surface area contributed by atoms with E-state index in [1.165, 1.54) is 0 Å². The number of carbonyl (C=O) groups is 1. The van der Waals surface area contributed by atoms with Crippen molar-refractivity contribution in [2.75, 3.05) is 27.2 Å². The van der Waals surface area contributed by atoms with Gasteiger partial charge >= 0.3 is 0 Å². The summed E-state index contributed by atoms with van der Waals surface area (Å²) in [5.41, 5.74) is 7.75. The molecule has 0 radical (unpaired) electrons. The third-order valence-electron chi connectivity index (χ3n) is 3.03. The monoisotopic (exact) mass is 249 g/mol. The van der Waals surface area contributed by atoms with Crippen LogP contribution in [0.25, 0.3) is 0 Å². The van der Waals surface area contributed by atoms with E-state index in [1.54, 1.807) is 4.90 Å². The van der Waals surface area contributed by atoms with E-state index in [9.17, 15) is 4.79 Å². The highest BCUT2D eigenvalue weighted by Gasteiger charge is 2.11. The van der Waals surface area contributed by atoms with E-state index in [0.717, 1.165) is 30.6 Å². The molecule has 0 fully saturated rings. The Kier molecular flexibility index (Phi) is 6.39. The van der Waals surface area contributed by atoms with Gasteiger partial charge in [-0.1, -0.05) is 24.3 Å². The molecule has 1 aromatic rings. The molecule has 0 saturated heterocycles. The van der Waals surface area contributed by atoms with Gasteiger partial charge in [0.25, 0.3) is 0 Å². The van der Waals surface area contributed by atoms with Crippen LogP contribution in [0, 0.1) is 0 Å². The number of rotatable bonds is 7. The van der Waals surface area contributed by atoms with Crippen LogP contribution in [0.2, 0.25) is 0 Å². The maximum absolute atomic E-state index is 12.0. The molecule has 0 atom stereocenters. The van der Waals surface area contributed by atoms with E-state index >= 15 is 0 Å². The Morgan fingerprint density at radius 2 is 2.00 bits per heavy atom. The molecule has 4 nitrogen and oxygen atoms in total. The van der Waals surface area contributed by atoms with E-state index in [-0.39, 0.29) is 5.91 Å². The standard InChI is InChI=1S/C14H23N3O/c1-16-8-5-9-17(2)14(18)10-12-6-3-4-7-13(12)11-15/h3-4,6-7,16H,5,8-11,15H2,1-2H3. The Labute approximate surface area is 109 Å². The molecule has 0 aliphatic carbocycles. The van der Waals surface area contributed by atoms with Crippen molar-refractivity contribution in [3.8, 4) is 0 Å². The molecular formula is C14H23N3O. The number of benzene rings is 1. The molecule has 0 saturated carbocycles. The van der Waals surface area contributed by atoms with Gasteiger partial charge in [0.15, 0.2) is 0 Å². The summed E-state index contributed by atoms with van der Waals surface area (Å²) in [6, 6.07) is 7.85. The van der Waals surface area contributed by atoms with E-state index < -0.39 is 0 Å². The molecule has 0 bridgehead atoms. The zero-order valence-electron chi connectivity index (χ0n) is 11.3. The van der Waals surface area contributed by atoms with E-state index in [2.05, 4.69) is 5.32 Å². The molecule has 0 aliphatic heterocycles. The number of likely N-dealkylation sites (N-methyl/N-ethyl adjacent to an activating group) is 1. The molecule has 1 aromatic carbocycles. The Balaban J connectivity index is 2.53. The summed E-state index contributed by atoms with van der Waals surface area (Å²) < 4.78 is 0. The molecule has 0 aliphatic rings. The summed E-state index contributed by atoms with van der Waals surface area (Å²) in [7, 11) is 3.77. The lowest BCUT2D eigenvalue weighted by Gasteiger charge is -2.18. The SMILES string of the molecule is CNCCCN(C)C(=O)Cc1ccccc1CN. The van der Waals surface area contributed by atoms with Crippen LogP contribution in [-0.4, -0.2) is 38.0 Å². The lowest BCUT2D eigenvalue weighted by molar-refractivity contribution is -0.129. The summed E-state index contributed by atoms with van der Waals surface area (Å²) in [4.78, 5) is 13.8. The van der Waals surface area contributed by atoms with Crippen LogP contribution in [0.5, 0.6) is 0 Å². The first kappa shape index (κ1) is 14.7. The predicted octanol–water partition coefficient (Wildman–Crippen LogP) is 0.756. The Hall–Kier alpha value is -1.39. The number of nitrogens with zero attached hydrogens (tertiary/aromatic N) is 1. The normalized spacial score (nSPS) is 10.4. The van der Waals surface area contributed by atoms with Crippen LogP contribution in [-0.2, 0) is 17.8 Å². The largest absolute Gasteiger partial charge is 0.345 e. The first-order valence-electron chi connectivity index (χ1n) is 6.34. The molecule has 100 valence electrons. The molecule has 0 aromatic heterocycles. The summed E-state index contributed by atoms with van der Waals surface area (Å²) in [6.45, 7) is 2.19. The van der Waals surface area contributed by atoms with E-state index in [4.69, 9.17) is 5.73 Å².